The van der Waals surface area contributed by atoms with Gasteiger partial charge in [0.1, 0.15) is 0 Å². The molecule has 0 spiro atoms. The fourth-order valence-electron chi connectivity index (χ4n) is 2.24. The fourth-order valence-corrected chi connectivity index (χ4v) is 3.17. The first-order chi connectivity index (χ1) is 10.4. The molecule has 1 aromatic rings. The van der Waals surface area contributed by atoms with E-state index in [0.29, 0.717) is 12.3 Å². The Morgan fingerprint density at radius 3 is 2.68 bits per heavy atom. The van der Waals surface area contributed by atoms with E-state index in [-0.39, 0.29) is 30.0 Å². The van der Waals surface area contributed by atoms with Crippen LogP contribution in [0.25, 0.3) is 0 Å². The summed E-state index contributed by atoms with van der Waals surface area (Å²) in [5.41, 5.74) is 2.73. The predicted octanol–water partition coefficient (Wildman–Crippen LogP) is 2.23. The van der Waals surface area contributed by atoms with Crippen molar-refractivity contribution in [3.05, 3.63) is 29.3 Å². The number of benzene rings is 1. The maximum atomic E-state index is 12.4. The summed E-state index contributed by atoms with van der Waals surface area (Å²) >= 11 is 1.16. The number of carbonyl (C=O) groups excluding carboxylic acids is 3. The lowest BCUT2D eigenvalue weighted by Crippen LogP contribution is -2.31. The standard InChI is InChI=1S/C16H19NO4S/c1-4-21-15(19)9-22-13-8-14(18)17(16(13)20)12-6-5-10(2)11(3)7-12/h5-7,13H,4,8-9H2,1-3H3/t13-/m0/s1. The summed E-state index contributed by atoms with van der Waals surface area (Å²) in [6.45, 7) is 5.96. The molecule has 5 nitrogen and oxygen atoms in total. The molecule has 1 fully saturated rings. The summed E-state index contributed by atoms with van der Waals surface area (Å²) in [7, 11) is 0. The number of anilines is 1. The van der Waals surface area contributed by atoms with Crippen LogP contribution in [0.2, 0.25) is 0 Å². The average Bonchev–Trinajstić information content (AvgIpc) is 2.75. The van der Waals surface area contributed by atoms with Crippen LogP contribution < -0.4 is 4.90 Å². The van der Waals surface area contributed by atoms with Crippen molar-refractivity contribution in [3.8, 4) is 0 Å². The Hall–Kier alpha value is -1.82. The minimum absolute atomic E-state index is 0.0816. The number of amides is 2. The number of hydrogen-bond donors (Lipinski definition) is 0. The van der Waals surface area contributed by atoms with Crippen LogP contribution in [-0.2, 0) is 19.1 Å². The van der Waals surface area contributed by atoms with Crippen molar-refractivity contribution in [1.82, 2.24) is 0 Å². The number of esters is 1. The zero-order valence-electron chi connectivity index (χ0n) is 12.9. The topological polar surface area (TPSA) is 63.7 Å². The minimum Gasteiger partial charge on any atom is -0.465 e. The van der Waals surface area contributed by atoms with Crippen LogP contribution in [0, 0.1) is 13.8 Å². The molecule has 0 unspecified atom stereocenters. The van der Waals surface area contributed by atoms with E-state index in [9.17, 15) is 14.4 Å². The molecule has 0 aliphatic carbocycles. The summed E-state index contributed by atoms with van der Waals surface area (Å²) in [5, 5.41) is -0.515. The molecule has 1 saturated heterocycles. The number of aryl methyl sites for hydroxylation is 2. The minimum atomic E-state index is -0.515. The highest BCUT2D eigenvalue weighted by Gasteiger charge is 2.40. The molecular weight excluding hydrogens is 302 g/mol. The van der Waals surface area contributed by atoms with Gasteiger partial charge in [-0.15, -0.1) is 11.8 Å². The van der Waals surface area contributed by atoms with E-state index in [4.69, 9.17) is 4.74 Å². The first-order valence-corrected chi connectivity index (χ1v) is 8.20. The van der Waals surface area contributed by atoms with Crippen LogP contribution in [0.15, 0.2) is 18.2 Å². The molecule has 1 atom stereocenters. The molecule has 2 amide bonds. The first-order valence-electron chi connectivity index (χ1n) is 7.15. The Morgan fingerprint density at radius 1 is 1.32 bits per heavy atom. The van der Waals surface area contributed by atoms with Crippen molar-refractivity contribution in [3.63, 3.8) is 0 Å². The maximum Gasteiger partial charge on any atom is 0.315 e. The van der Waals surface area contributed by atoms with Crippen molar-refractivity contribution in [2.24, 2.45) is 0 Å². The van der Waals surface area contributed by atoms with Crippen molar-refractivity contribution in [1.29, 1.82) is 0 Å². The Bertz CT molecular complexity index is 614. The third kappa shape index (κ3) is 3.50. The lowest BCUT2D eigenvalue weighted by Gasteiger charge is -2.16. The second kappa shape index (κ2) is 6.96. The van der Waals surface area contributed by atoms with Gasteiger partial charge in [0.2, 0.25) is 11.8 Å². The fraction of sp³-hybridized carbons (Fsp3) is 0.438. The normalized spacial score (nSPS) is 18.0. The smallest absolute Gasteiger partial charge is 0.315 e. The largest absolute Gasteiger partial charge is 0.465 e. The molecule has 0 saturated carbocycles. The number of hydrogen-bond acceptors (Lipinski definition) is 5. The van der Waals surface area contributed by atoms with Crippen molar-refractivity contribution < 1.29 is 19.1 Å². The molecular formula is C16H19NO4S. The van der Waals surface area contributed by atoms with E-state index in [1.807, 2.05) is 26.0 Å². The van der Waals surface area contributed by atoms with Gasteiger partial charge in [0.05, 0.1) is 23.3 Å². The summed E-state index contributed by atoms with van der Waals surface area (Å²) in [6, 6.07) is 5.50. The molecule has 0 radical (unpaired) electrons. The Labute approximate surface area is 134 Å². The van der Waals surface area contributed by atoms with Gasteiger partial charge in [-0.1, -0.05) is 6.07 Å². The van der Waals surface area contributed by atoms with Gasteiger partial charge in [-0.3, -0.25) is 14.4 Å². The second-order valence-corrected chi connectivity index (χ2v) is 6.34. The Kier molecular flexibility index (Phi) is 5.24. The van der Waals surface area contributed by atoms with E-state index in [0.717, 1.165) is 22.9 Å². The Balaban J connectivity index is 2.08. The quantitative estimate of drug-likeness (QED) is 0.615. The van der Waals surface area contributed by atoms with Crippen LogP contribution in [0.1, 0.15) is 24.5 Å². The van der Waals surface area contributed by atoms with Crippen molar-refractivity contribution >= 4 is 35.2 Å². The molecule has 6 heteroatoms. The van der Waals surface area contributed by atoms with Gasteiger partial charge in [-0.2, -0.15) is 0 Å². The van der Waals surface area contributed by atoms with Crippen LogP contribution in [0.5, 0.6) is 0 Å². The van der Waals surface area contributed by atoms with E-state index in [1.54, 1.807) is 13.0 Å². The number of carbonyl (C=O) groups is 3. The van der Waals surface area contributed by atoms with Crippen LogP contribution in [-0.4, -0.2) is 35.4 Å². The highest BCUT2D eigenvalue weighted by molar-refractivity contribution is 8.01. The number of rotatable bonds is 5. The summed E-state index contributed by atoms with van der Waals surface area (Å²) in [4.78, 5) is 37.1. The van der Waals surface area contributed by atoms with Crippen molar-refractivity contribution in [2.45, 2.75) is 32.4 Å². The van der Waals surface area contributed by atoms with Crippen LogP contribution in [0.3, 0.4) is 0 Å². The molecule has 2 rings (SSSR count). The van der Waals surface area contributed by atoms with Gasteiger partial charge in [-0.25, -0.2) is 4.90 Å². The number of ether oxygens (including phenoxy) is 1. The lowest BCUT2D eigenvalue weighted by molar-refractivity contribution is -0.139. The van der Waals surface area contributed by atoms with E-state index < -0.39 is 5.25 Å². The summed E-state index contributed by atoms with van der Waals surface area (Å²) in [5.74, 6) is -0.771. The molecule has 1 aliphatic heterocycles. The third-order valence-corrected chi connectivity index (χ3v) is 4.73. The molecule has 0 bridgehead atoms. The molecule has 1 aliphatic rings. The van der Waals surface area contributed by atoms with Crippen LogP contribution in [0.4, 0.5) is 5.69 Å². The van der Waals surface area contributed by atoms with Crippen LogP contribution >= 0.6 is 11.8 Å². The number of nitrogens with zero attached hydrogens (tertiary/aromatic N) is 1. The lowest BCUT2D eigenvalue weighted by atomic mass is 10.1. The Morgan fingerprint density at radius 2 is 2.05 bits per heavy atom. The predicted molar refractivity (Wildman–Crippen MR) is 85.9 cm³/mol. The van der Waals surface area contributed by atoms with Gasteiger partial charge in [0.15, 0.2) is 0 Å². The number of imide groups is 1. The van der Waals surface area contributed by atoms with E-state index in [1.165, 1.54) is 4.90 Å². The van der Waals surface area contributed by atoms with Gasteiger partial charge >= 0.3 is 5.97 Å². The van der Waals surface area contributed by atoms with Crippen molar-refractivity contribution in [2.75, 3.05) is 17.3 Å². The van der Waals surface area contributed by atoms with Gasteiger partial charge in [0.25, 0.3) is 0 Å². The molecule has 0 N–H and O–H groups in total. The SMILES string of the molecule is CCOC(=O)CS[C@H]1CC(=O)N(c2ccc(C)c(C)c2)C1=O. The first kappa shape index (κ1) is 16.5. The van der Waals surface area contributed by atoms with Gasteiger partial charge in [0, 0.05) is 6.42 Å². The van der Waals surface area contributed by atoms with E-state index >= 15 is 0 Å². The number of thioether (sulfide) groups is 1. The molecule has 1 heterocycles. The van der Waals surface area contributed by atoms with E-state index in [2.05, 4.69) is 0 Å². The zero-order chi connectivity index (χ0) is 16.3. The monoisotopic (exact) mass is 321 g/mol. The third-order valence-electron chi connectivity index (χ3n) is 3.56. The average molecular weight is 321 g/mol. The molecule has 22 heavy (non-hydrogen) atoms. The summed E-state index contributed by atoms with van der Waals surface area (Å²) in [6.07, 6.45) is 0.121. The molecule has 118 valence electrons. The van der Waals surface area contributed by atoms with Gasteiger partial charge < -0.3 is 4.74 Å². The zero-order valence-corrected chi connectivity index (χ0v) is 13.7. The maximum absolute atomic E-state index is 12.4. The van der Waals surface area contributed by atoms with Gasteiger partial charge in [-0.05, 0) is 44.0 Å². The second-order valence-electron chi connectivity index (χ2n) is 5.14. The highest BCUT2D eigenvalue weighted by Crippen LogP contribution is 2.30. The summed E-state index contributed by atoms with van der Waals surface area (Å²) < 4.78 is 4.83. The molecule has 1 aromatic carbocycles. The molecule has 0 aromatic heterocycles. The highest BCUT2D eigenvalue weighted by atomic mass is 32.2.